The van der Waals surface area contributed by atoms with Gasteiger partial charge in [-0.2, -0.15) is 0 Å². The average molecular weight is 270 g/mol. The second kappa shape index (κ2) is 4.35. The summed E-state index contributed by atoms with van der Waals surface area (Å²) in [6, 6.07) is 5.28. The quantitative estimate of drug-likeness (QED) is 0.521. The minimum Gasteiger partial charge on any atom is -0.288 e. The number of imide groups is 1. The van der Waals surface area contributed by atoms with E-state index in [9.17, 15) is 9.59 Å². The van der Waals surface area contributed by atoms with Crippen LogP contribution in [0.1, 0.15) is 34.6 Å². The maximum atomic E-state index is 11.7. The lowest BCUT2D eigenvalue weighted by Crippen LogP contribution is -2.20. The van der Waals surface area contributed by atoms with E-state index in [1.165, 1.54) is 11.8 Å². The van der Waals surface area contributed by atoms with Crippen LogP contribution in [0.3, 0.4) is 0 Å². The minimum atomic E-state index is -0.323. The van der Waals surface area contributed by atoms with Crippen molar-refractivity contribution in [1.82, 2.24) is 5.32 Å². The third-order valence-electron chi connectivity index (χ3n) is 2.43. The summed E-state index contributed by atoms with van der Waals surface area (Å²) in [5, 5.41) is 2.30. The van der Waals surface area contributed by atoms with Gasteiger partial charge in [0.15, 0.2) is 0 Å². The van der Waals surface area contributed by atoms with Crippen LogP contribution >= 0.6 is 23.4 Å². The average Bonchev–Trinajstić information content (AvgIpc) is 2.55. The van der Waals surface area contributed by atoms with Crippen molar-refractivity contribution in [2.45, 2.75) is 23.5 Å². The van der Waals surface area contributed by atoms with Crippen molar-refractivity contribution in [2.75, 3.05) is 5.88 Å². The van der Waals surface area contributed by atoms with Gasteiger partial charge in [-0.25, -0.2) is 0 Å². The molecule has 2 rings (SSSR count). The molecule has 1 aromatic carbocycles. The molecule has 0 saturated heterocycles. The molecule has 1 aliphatic rings. The van der Waals surface area contributed by atoms with Gasteiger partial charge >= 0.3 is 0 Å². The van der Waals surface area contributed by atoms with Gasteiger partial charge in [-0.1, -0.05) is 6.07 Å². The predicted octanol–water partition coefficient (Wildman–Crippen LogP) is 2.68. The number of carbonyl (C=O) groups excluding carboxylic acids is 2. The van der Waals surface area contributed by atoms with Gasteiger partial charge in [0.2, 0.25) is 0 Å². The first-order chi connectivity index (χ1) is 7.94. The van der Waals surface area contributed by atoms with E-state index in [0.29, 0.717) is 17.0 Å². The van der Waals surface area contributed by atoms with Crippen molar-refractivity contribution in [3.05, 3.63) is 29.3 Å². The van der Waals surface area contributed by atoms with Gasteiger partial charge in [0.1, 0.15) is 0 Å². The van der Waals surface area contributed by atoms with Gasteiger partial charge in [0.05, 0.1) is 11.1 Å². The lowest BCUT2D eigenvalue weighted by molar-refractivity contribution is 0.0879. The van der Waals surface area contributed by atoms with Gasteiger partial charge < -0.3 is 0 Å². The van der Waals surface area contributed by atoms with Crippen molar-refractivity contribution < 1.29 is 9.59 Å². The molecule has 17 heavy (non-hydrogen) atoms. The highest BCUT2D eigenvalue weighted by Gasteiger charge is 2.31. The van der Waals surface area contributed by atoms with Crippen LogP contribution in [0.15, 0.2) is 23.1 Å². The second-order valence-corrected chi connectivity index (χ2v) is 6.47. The molecule has 0 fully saturated rings. The first kappa shape index (κ1) is 12.5. The fraction of sp³-hybridized carbons (Fsp3) is 0.333. The molecule has 1 aliphatic heterocycles. The smallest absolute Gasteiger partial charge is 0.260 e. The maximum absolute atomic E-state index is 11.7. The van der Waals surface area contributed by atoms with Crippen LogP contribution in [0.25, 0.3) is 0 Å². The molecule has 0 spiro atoms. The van der Waals surface area contributed by atoms with E-state index in [1.807, 2.05) is 19.9 Å². The topological polar surface area (TPSA) is 46.2 Å². The Balaban J connectivity index is 2.44. The lowest BCUT2D eigenvalue weighted by atomic mass is 10.1. The summed E-state index contributed by atoms with van der Waals surface area (Å²) in [6.07, 6.45) is 0. The zero-order valence-corrected chi connectivity index (χ0v) is 11.1. The maximum Gasteiger partial charge on any atom is 0.260 e. The van der Waals surface area contributed by atoms with Gasteiger partial charge in [-0.15, -0.1) is 23.4 Å². The Morgan fingerprint density at radius 1 is 1.29 bits per heavy atom. The van der Waals surface area contributed by atoms with E-state index >= 15 is 0 Å². The number of halogens is 1. The monoisotopic (exact) mass is 269 g/mol. The second-order valence-electron chi connectivity index (χ2n) is 4.46. The van der Waals surface area contributed by atoms with Crippen molar-refractivity contribution >= 4 is 35.2 Å². The Hall–Kier alpha value is -1.00. The molecule has 1 N–H and O–H groups in total. The molecule has 0 atom stereocenters. The number of fused-ring (bicyclic) bond motifs is 1. The van der Waals surface area contributed by atoms with E-state index in [-0.39, 0.29) is 16.6 Å². The number of amides is 2. The van der Waals surface area contributed by atoms with E-state index in [1.54, 1.807) is 12.1 Å². The van der Waals surface area contributed by atoms with Crippen LogP contribution in [-0.4, -0.2) is 22.4 Å². The third kappa shape index (κ3) is 2.33. The fourth-order valence-electron chi connectivity index (χ4n) is 1.60. The lowest BCUT2D eigenvalue weighted by Gasteiger charge is -2.21. The molecule has 5 heteroatoms. The Morgan fingerprint density at radius 2 is 2.00 bits per heavy atom. The zero-order valence-electron chi connectivity index (χ0n) is 9.54. The van der Waals surface area contributed by atoms with E-state index in [2.05, 4.69) is 5.32 Å². The molecule has 0 radical (unpaired) electrons. The van der Waals surface area contributed by atoms with Crippen molar-refractivity contribution in [3.63, 3.8) is 0 Å². The predicted molar refractivity (Wildman–Crippen MR) is 68.9 cm³/mol. The van der Waals surface area contributed by atoms with E-state index < -0.39 is 0 Å². The summed E-state index contributed by atoms with van der Waals surface area (Å²) in [4.78, 5) is 24.0. The van der Waals surface area contributed by atoms with Crippen LogP contribution in [-0.2, 0) is 0 Å². The van der Waals surface area contributed by atoms with Gasteiger partial charge in [-0.3, -0.25) is 14.9 Å². The Morgan fingerprint density at radius 3 is 2.65 bits per heavy atom. The van der Waals surface area contributed by atoms with E-state index in [0.717, 1.165) is 4.90 Å². The van der Waals surface area contributed by atoms with Gasteiger partial charge in [0.25, 0.3) is 11.8 Å². The van der Waals surface area contributed by atoms with Crippen LogP contribution in [0, 0.1) is 0 Å². The largest absolute Gasteiger partial charge is 0.288 e. The molecule has 1 aromatic rings. The molecule has 0 bridgehead atoms. The summed E-state index contributed by atoms with van der Waals surface area (Å²) >= 11 is 7.38. The number of hydrogen-bond acceptors (Lipinski definition) is 3. The molecule has 0 unspecified atom stereocenters. The van der Waals surface area contributed by atoms with Crippen LogP contribution in [0.4, 0.5) is 0 Å². The number of rotatable bonds is 3. The van der Waals surface area contributed by atoms with Gasteiger partial charge in [0, 0.05) is 15.5 Å². The van der Waals surface area contributed by atoms with Crippen molar-refractivity contribution in [3.8, 4) is 0 Å². The molecular formula is C12H12ClNO2S. The fourth-order valence-corrected chi connectivity index (χ4v) is 2.86. The minimum absolute atomic E-state index is 0.178. The number of carbonyl (C=O) groups is 2. The van der Waals surface area contributed by atoms with Crippen molar-refractivity contribution in [2.24, 2.45) is 0 Å². The first-order valence-corrected chi connectivity index (χ1v) is 6.53. The molecule has 0 aliphatic carbocycles. The highest BCUT2D eigenvalue weighted by atomic mass is 35.5. The highest BCUT2D eigenvalue weighted by molar-refractivity contribution is 8.00. The highest BCUT2D eigenvalue weighted by Crippen LogP contribution is 2.37. The normalized spacial score (nSPS) is 14.8. The Kier molecular flexibility index (Phi) is 3.19. The SMILES string of the molecule is CC(C)(CCl)Sc1cccc2c1C(=O)NC2=O. The van der Waals surface area contributed by atoms with Crippen LogP contribution in [0.5, 0.6) is 0 Å². The molecule has 0 aromatic heterocycles. The van der Waals surface area contributed by atoms with Gasteiger partial charge in [-0.05, 0) is 26.0 Å². The summed E-state index contributed by atoms with van der Waals surface area (Å²) < 4.78 is -0.178. The first-order valence-electron chi connectivity index (χ1n) is 5.18. The van der Waals surface area contributed by atoms with E-state index in [4.69, 9.17) is 11.6 Å². The Bertz CT molecular complexity index is 499. The summed E-state index contributed by atoms with van der Waals surface area (Å²) in [5.74, 6) is -0.175. The number of alkyl halides is 1. The Labute approximate surface area is 109 Å². The molecular weight excluding hydrogens is 258 g/mol. The molecule has 3 nitrogen and oxygen atoms in total. The van der Waals surface area contributed by atoms with Crippen molar-refractivity contribution in [1.29, 1.82) is 0 Å². The van der Waals surface area contributed by atoms with Crippen LogP contribution in [0.2, 0.25) is 0 Å². The number of thioether (sulfide) groups is 1. The number of benzene rings is 1. The molecule has 0 saturated carbocycles. The summed E-state index contributed by atoms with van der Waals surface area (Å²) in [5.41, 5.74) is 0.922. The summed E-state index contributed by atoms with van der Waals surface area (Å²) in [6.45, 7) is 4.00. The number of hydrogen-bond donors (Lipinski definition) is 1. The third-order valence-corrected chi connectivity index (χ3v) is 4.52. The summed E-state index contributed by atoms with van der Waals surface area (Å²) in [7, 11) is 0. The number of nitrogens with one attached hydrogen (secondary N) is 1. The molecule has 2 amide bonds. The van der Waals surface area contributed by atoms with Crippen LogP contribution < -0.4 is 5.32 Å². The zero-order chi connectivity index (χ0) is 12.6. The molecule has 1 heterocycles. The molecule has 90 valence electrons. The standard InChI is InChI=1S/C12H12ClNO2S/c1-12(2,6-13)17-8-5-3-4-7-9(8)11(16)14-10(7)15/h3-5H,6H2,1-2H3,(H,14,15,16).